The lowest BCUT2D eigenvalue weighted by Crippen LogP contribution is -1.91. The molecule has 0 aliphatic carbocycles. The molecule has 0 heterocycles. The lowest BCUT2D eigenvalue weighted by molar-refractivity contribution is 0.720. The molecule has 2 heteroatoms. The van der Waals surface area contributed by atoms with Gasteiger partial charge in [-0.05, 0) is 36.0 Å². The van der Waals surface area contributed by atoms with Crippen molar-refractivity contribution in [2.75, 3.05) is 11.5 Å². The van der Waals surface area contributed by atoms with Crippen molar-refractivity contribution in [1.29, 1.82) is 0 Å². The third-order valence-corrected chi connectivity index (χ3v) is 3.04. The van der Waals surface area contributed by atoms with Crippen molar-refractivity contribution in [3.63, 3.8) is 0 Å². The molecule has 0 saturated carbocycles. The molecule has 0 N–H and O–H groups in total. The van der Waals surface area contributed by atoms with Gasteiger partial charge in [-0.3, -0.25) is 0 Å². The maximum atomic E-state index is 4.33. The van der Waals surface area contributed by atoms with Crippen LogP contribution in [0.1, 0.15) is 39.5 Å². The number of thiol groups is 1. The van der Waals surface area contributed by atoms with Gasteiger partial charge < -0.3 is 0 Å². The van der Waals surface area contributed by atoms with Gasteiger partial charge in [-0.25, -0.2) is 0 Å². The summed E-state index contributed by atoms with van der Waals surface area (Å²) in [4.78, 5) is 0. The Morgan fingerprint density at radius 3 is 2.55 bits per heavy atom. The molecule has 0 fully saturated rings. The normalized spacial score (nSPS) is 13.4. The van der Waals surface area contributed by atoms with E-state index in [1.54, 1.807) is 0 Å². The summed E-state index contributed by atoms with van der Waals surface area (Å²) in [6.07, 6.45) is 5.31. The van der Waals surface area contributed by atoms with Crippen LogP contribution < -0.4 is 0 Å². The molecule has 0 spiro atoms. The molecule has 0 bridgehead atoms. The molecule has 0 radical (unpaired) electrons. The zero-order valence-electron chi connectivity index (χ0n) is 7.68. The van der Waals surface area contributed by atoms with Crippen LogP contribution in [0.15, 0.2) is 0 Å². The van der Waals surface area contributed by atoms with Gasteiger partial charge in [0.1, 0.15) is 0 Å². The van der Waals surface area contributed by atoms with Crippen molar-refractivity contribution in [3.8, 4) is 0 Å². The summed E-state index contributed by atoms with van der Waals surface area (Å²) in [6.45, 7) is 4.41. The molecular formula is C9H20S2. The van der Waals surface area contributed by atoms with Crippen LogP contribution in [-0.4, -0.2) is 16.8 Å². The molecule has 0 aliphatic rings. The zero-order chi connectivity index (χ0) is 8.53. The van der Waals surface area contributed by atoms with E-state index in [0.29, 0.717) is 5.25 Å². The first-order valence-corrected chi connectivity index (χ1v) is 6.20. The summed E-state index contributed by atoms with van der Waals surface area (Å²) in [5, 5.41) is 0.589. The van der Waals surface area contributed by atoms with Crippen molar-refractivity contribution in [2.45, 2.75) is 44.8 Å². The Hall–Kier alpha value is 0.700. The topological polar surface area (TPSA) is 0 Å². The van der Waals surface area contributed by atoms with Gasteiger partial charge in [0.15, 0.2) is 0 Å². The number of rotatable bonds is 7. The second kappa shape index (κ2) is 8.79. The fourth-order valence-electron chi connectivity index (χ4n) is 0.890. The van der Waals surface area contributed by atoms with E-state index in [2.05, 4.69) is 38.2 Å². The van der Waals surface area contributed by atoms with Gasteiger partial charge in [0.25, 0.3) is 0 Å². The zero-order valence-corrected chi connectivity index (χ0v) is 9.39. The SMILES string of the molecule is CCCSCCCCC(C)S. The molecular weight excluding hydrogens is 172 g/mol. The Morgan fingerprint density at radius 1 is 1.27 bits per heavy atom. The number of hydrogen-bond donors (Lipinski definition) is 1. The molecule has 0 aromatic rings. The van der Waals surface area contributed by atoms with Gasteiger partial charge in [0.05, 0.1) is 0 Å². The molecule has 0 aliphatic heterocycles. The fraction of sp³-hybridized carbons (Fsp3) is 1.00. The minimum Gasteiger partial charge on any atom is -0.176 e. The van der Waals surface area contributed by atoms with Gasteiger partial charge in [0.2, 0.25) is 0 Å². The van der Waals surface area contributed by atoms with Crippen LogP contribution in [0.25, 0.3) is 0 Å². The molecule has 0 rings (SSSR count). The first kappa shape index (κ1) is 11.7. The van der Waals surface area contributed by atoms with E-state index in [9.17, 15) is 0 Å². The van der Waals surface area contributed by atoms with Crippen molar-refractivity contribution >= 4 is 24.4 Å². The maximum Gasteiger partial charge on any atom is -0.00116 e. The second-order valence-corrected chi connectivity index (χ2v) is 5.06. The summed E-state index contributed by atoms with van der Waals surface area (Å²) in [6, 6.07) is 0. The highest BCUT2D eigenvalue weighted by Crippen LogP contribution is 2.10. The highest BCUT2D eigenvalue weighted by molar-refractivity contribution is 7.99. The number of hydrogen-bond acceptors (Lipinski definition) is 2. The van der Waals surface area contributed by atoms with Crippen molar-refractivity contribution < 1.29 is 0 Å². The number of unbranched alkanes of at least 4 members (excludes halogenated alkanes) is 1. The van der Waals surface area contributed by atoms with Crippen LogP contribution in [0.3, 0.4) is 0 Å². The standard InChI is InChI=1S/C9H20S2/c1-3-7-11-8-5-4-6-9(2)10/h9-10H,3-8H2,1-2H3. The second-order valence-electron chi connectivity index (χ2n) is 2.96. The van der Waals surface area contributed by atoms with Crippen molar-refractivity contribution in [3.05, 3.63) is 0 Å². The van der Waals surface area contributed by atoms with Gasteiger partial charge in [-0.15, -0.1) is 0 Å². The molecule has 0 saturated heterocycles. The van der Waals surface area contributed by atoms with Crippen molar-refractivity contribution in [2.24, 2.45) is 0 Å². The van der Waals surface area contributed by atoms with E-state index in [-0.39, 0.29) is 0 Å². The predicted octanol–water partition coefficient (Wildman–Crippen LogP) is 3.62. The summed E-state index contributed by atoms with van der Waals surface area (Å²) >= 11 is 6.41. The lowest BCUT2D eigenvalue weighted by Gasteiger charge is -2.02. The Morgan fingerprint density at radius 2 is 2.00 bits per heavy atom. The van der Waals surface area contributed by atoms with Crippen LogP contribution in [0, 0.1) is 0 Å². The quantitative estimate of drug-likeness (QED) is 0.475. The Balaban J connectivity index is 2.80. The highest BCUT2D eigenvalue weighted by atomic mass is 32.2. The van der Waals surface area contributed by atoms with Gasteiger partial charge in [-0.1, -0.05) is 20.3 Å². The van der Waals surface area contributed by atoms with Crippen LogP contribution in [-0.2, 0) is 0 Å². The number of thioether (sulfide) groups is 1. The smallest absolute Gasteiger partial charge is 0.00116 e. The van der Waals surface area contributed by atoms with E-state index in [0.717, 1.165) is 0 Å². The first-order valence-electron chi connectivity index (χ1n) is 4.53. The van der Waals surface area contributed by atoms with E-state index >= 15 is 0 Å². The fourth-order valence-corrected chi connectivity index (χ4v) is 1.97. The molecule has 0 aromatic heterocycles. The molecule has 68 valence electrons. The summed E-state index contributed by atoms with van der Waals surface area (Å²) < 4.78 is 0. The molecule has 0 aromatic carbocycles. The summed E-state index contributed by atoms with van der Waals surface area (Å²) in [5.41, 5.74) is 0. The average Bonchev–Trinajstić information content (AvgIpc) is 1.96. The first-order chi connectivity index (χ1) is 5.27. The van der Waals surface area contributed by atoms with Crippen LogP contribution >= 0.6 is 24.4 Å². The van der Waals surface area contributed by atoms with Crippen molar-refractivity contribution in [1.82, 2.24) is 0 Å². The predicted molar refractivity (Wildman–Crippen MR) is 59.9 cm³/mol. The summed E-state index contributed by atoms with van der Waals surface area (Å²) in [7, 11) is 0. The van der Waals surface area contributed by atoms with E-state index in [1.807, 2.05) is 0 Å². The molecule has 11 heavy (non-hydrogen) atoms. The average molecular weight is 192 g/mol. The Labute approximate surface area is 80.9 Å². The van der Waals surface area contributed by atoms with E-state index < -0.39 is 0 Å². The van der Waals surface area contributed by atoms with E-state index in [4.69, 9.17) is 0 Å². The minimum atomic E-state index is 0.589. The summed E-state index contributed by atoms with van der Waals surface area (Å²) in [5.74, 6) is 2.67. The van der Waals surface area contributed by atoms with Crippen LogP contribution in [0.4, 0.5) is 0 Å². The third kappa shape index (κ3) is 10.7. The van der Waals surface area contributed by atoms with Gasteiger partial charge in [0, 0.05) is 0 Å². The molecule has 0 nitrogen and oxygen atoms in total. The van der Waals surface area contributed by atoms with Gasteiger partial charge in [-0.2, -0.15) is 24.4 Å². The minimum absolute atomic E-state index is 0.589. The third-order valence-electron chi connectivity index (χ3n) is 1.51. The highest BCUT2D eigenvalue weighted by Gasteiger charge is 1.94. The van der Waals surface area contributed by atoms with Crippen LogP contribution in [0.5, 0.6) is 0 Å². The van der Waals surface area contributed by atoms with E-state index in [1.165, 1.54) is 37.2 Å². The lowest BCUT2D eigenvalue weighted by atomic mass is 10.2. The Bertz CT molecular complexity index is 72.0. The maximum absolute atomic E-state index is 4.33. The van der Waals surface area contributed by atoms with Gasteiger partial charge >= 0.3 is 0 Å². The Kier molecular flexibility index (Phi) is 9.35. The largest absolute Gasteiger partial charge is 0.176 e. The molecule has 0 amide bonds. The monoisotopic (exact) mass is 192 g/mol. The molecule has 1 atom stereocenters. The molecule has 1 unspecified atom stereocenters. The van der Waals surface area contributed by atoms with Crippen LogP contribution in [0.2, 0.25) is 0 Å².